The van der Waals surface area contributed by atoms with Gasteiger partial charge in [0.05, 0.1) is 0 Å². The topological polar surface area (TPSA) is 9.23 Å². The van der Waals surface area contributed by atoms with Crippen LogP contribution in [0, 0.1) is 11.3 Å². The average Bonchev–Trinajstić information content (AvgIpc) is 2.70. The summed E-state index contributed by atoms with van der Waals surface area (Å²) in [6, 6.07) is 0. The Morgan fingerprint density at radius 1 is 1.27 bits per heavy atom. The summed E-state index contributed by atoms with van der Waals surface area (Å²) in [5, 5.41) is 0. The van der Waals surface area contributed by atoms with Crippen LogP contribution in [0.5, 0.6) is 0 Å². The van der Waals surface area contributed by atoms with Crippen LogP contribution < -0.4 is 0 Å². The normalized spacial score (nSPS) is 34.8. The number of rotatable bonds is 3. The molecule has 2 aliphatic rings. The Hall–Kier alpha value is 0.440. The average molecular weight is 275 g/mol. The Kier molecular flexibility index (Phi) is 4.11. The van der Waals surface area contributed by atoms with Gasteiger partial charge in [0.25, 0.3) is 0 Å². The van der Waals surface area contributed by atoms with Gasteiger partial charge in [-0.3, -0.25) is 0 Å². The molecule has 88 valence electrons. The first kappa shape index (κ1) is 11.9. The van der Waals surface area contributed by atoms with Crippen LogP contribution in [0.25, 0.3) is 0 Å². The maximum Gasteiger partial charge on any atom is 0.0499 e. The fraction of sp³-hybridized carbons (Fsp3) is 1.00. The highest BCUT2D eigenvalue weighted by Crippen LogP contribution is 2.53. The van der Waals surface area contributed by atoms with Gasteiger partial charge < -0.3 is 4.74 Å². The molecule has 0 amide bonds. The lowest BCUT2D eigenvalue weighted by molar-refractivity contribution is 0.0150. The van der Waals surface area contributed by atoms with Crippen molar-refractivity contribution in [2.45, 2.75) is 56.7 Å². The van der Waals surface area contributed by atoms with Gasteiger partial charge in [-0.15, -0.1) is 0 Å². The predicted molar refractivity (Wildman–Crippen MR) is 67.5 cm³/mol. The van der Waals surface area contributed by atoms with Crippen molar-refractivity contribution in [1.82, 2.24) is 0 Å². The van der Waals surface area contributed by atoms with Crippen molar-refractivity contribution in [2.24, 2.45) is 11.3 Å². The number of hydrogen-bond acceptors (Lipinski definition) is 1. The highest BCUT2D eigenvalue weighted by atomic mass is 79.9. The van der Waals surface area contributed by atoms with Gasteiger partial charge in [0.2, 0.25) is 0 Å². The second-order valence-electron chi connectivity index (χ2n) is 5.30. The predicted octanol–water partition coefficient (Wildman–Crippen LogP) is 4.15. The third-order valence-electron chi connectivity index (χ3n) is 4.48. The van der Waals surface area contributed by atoms with Gasteiger partial charge >= 0.3 is 0 Å². The van der Waals surface area contributed by atoms with Crippen LogP contribution in [-0.2, 0) is 4.74 Å². The standard InChI is InChI=1S/C13H23BrO/c1-2-15-10-11-9-12(14)5-8-13(11)6-3-4-7-13/h11-12H,2-10H2,1H3. The first-order chi connectivity index (χ1) is 7.27. The highest BCUT2D eigenvalue weighted by Gasteiger charge is 2.44. The minimum Gasteiger partial charge on any atom is -0.381 e. The van der Waals surface area contributed by atoms with Crippen LogP contribution in [-0.4, -0.2) is 18.0 Å². The van der Waals surface area contributed by atoms with E-state index >= 15 is 0 Å². The molecule has 0 heterocycles. The molecule has 2 aliphatic carbocycles. The van der Waals surface area contributed by atoms with E-state index in [9.17, 15) is 0 Å². The number of ether oxygens (including phenoxy) is 1. The molecule has 0 aromatic heterocycles. The van der Waals surface area contributed by atoms with E-state index in [-0.39, 0.29) is 0 Å². The van der Waals surface area contributed by atoms with Crippen molar-refractivity contribution >= 4 is 15.9 Å². The summed E-state index contributed by atoms with van der Waals surface area (Å²) in [6.07, 6.45) is 9.98. The van der Waals surface area contributed by atoms with Gasteiger partial charge in [0.15, 0.2) is 0 Å². The number of halogens is 1. The molecule has 0 aromatic carbocycles. The second kappa shape index (κ2) is 5.18. The summed E-state index contributed by atoms with van der Waals surface area (Å²) in [5.74, 6) is 0.818. The van der Waals surface area contributed by atoms with E-state index in [4.69, 9.17) is 4.74 Å². The van der Waals surface area contributed by atoms with Crippen molar-refractivity contribution in [1.29, 1.82) is 0 Å². The molecule has 0 bridgehead atoms. The Labute approximate surface area is 102 Å². The molecule has 0 N–H and O–H groups in total. The Bertz CT molecular complexity index is 199. The summed E-state index contributed by atoms with van der Waals surface area (Å²) in [6.45, 7) is 3.98. The van der Waals surface area contributed by atoms with E-state index in [1.54, 1.807) is 0 Å². The summed E-state index contributed by atoms with van der Waals surface area (Å²) in [7, 11) is 0. The van der Waals surface area contributed by atoms with E-state index in [2.05, 4.69) is 22.9 Å². The van der Waals surface area contributed by atoms with Gasteiger partial charge in [0, 0.05) is 18.0 Å². The molecule has 0 aromatic rings. The highest BCUT2D eigenvalue weighted by molar-refractivity contribution is 9.09. The molecule has 2 atom stereocenters. The molecule has 2 unspecified atom stereocenters. The Balaban J connectivity index is 1.99. The van der Waals surface area contributed by atoms with Crippen molar-refractivity contribution in [2.75, 3.05) is 13.2 Å². The van der Waals surface area contributed by atoms with Gasteiger partial charge in [-0.05, 0) is 50.4 Å². The molecule has 15 heavy (non-hydrogen) atoms. The molecule has 2 fully saturated rings. The fourth-order valence-electron chi connectivity index (χ4n) is 3.57. The molecule has 2 rings (SSSR count). The maximum atomic E-state index is 5.69. The number of hydrogen-bond donors (Lipinski definition) is 0. The second-order valence-corrected chi connectivity index (χ2v) is 6.59. The van der Waals surface area contributed by atoms with Crippen LogP contribution >= 0.6 is 15.9 Å². The molecule has 2 heteroatoms. The lowest BCUT2D eigenvalue weighted by Gasteiger charge is -2.43. The van der Waals surface area contributed by atoms with Crippen LogP contribution in [0.1, 0.15) is 51.9 Å². The summed E-state index contributed by atoms with van der Waals surface area (Å²) >= 11 is 3.80. The third kappa shape index (κ3) is 2.58. The van der Waals surface area contributed by atoms with Crippen LogP contribution in [0.15, 0.2) is 0 Å². The fourth-order valence-corrected chi connectivity index (χ4v) is 4.25. The van der Waals surface area contributed by atoms with Crippen molar-refractivity contribution < 1.29 is 4.74 Å². The van der Waals surface area contributed by atoms with Crippen molar-refractivity contribution in [3.8, 4) is 0 Å². The molecule has 0 saturated heterocycles. The molecule has 0 radical (unpaired) electrons. The minimum atomic E-state index is 0.666. The van der Waals surface area contributed by atoms with E-state index in [1.807, 2.05) is 0 Å². The van der Waals surface area contributed by atoms with E-state index < -0.39 is 0 Å². The van der Waals surface area contributed by atoms with Crippen LogP contribution in [0.2, 0.25) is 0 Å². The monoisotopic (exact) mass is 274 g/mol. The van der Waals surface area contributed by atoms with Gasteiger partial charge in [-0.1, -0.05) is 28.8 Å². The SMILES string of the molecule is CCOCC1CC(Br)CCC12CCCC2. The quantitative estimate of drug-likeness (QED) is 0.703. The minimum absolute atomic E-state index is 0.666. The lowest BCUT2D eigenvalue weighted by atomic mass is 9.65. The smallest absolute Gasteiger partial charge is 0.0499 e. The first-order valence-electron chi connectivity index (χ1n) is 6.49. The van der Waals surface area contributed by atoms with Gasteiger partial charge in [0.1, 0.15) is 0 Å². The van der Waals surface area contributed by atoms with E-state index in [0.717, 1.165) is 24.0 Å². The third-order valence-corrected chi connectivity index (χ3v) is 5.32. The summed E-state index contributed by atoms with van der Waals surface area (Å²) in [4.78, 5) is 0.745. The molecule has 1 spiro atoms. The molecular weight excluding hydrogens is 252 g/mol. The lowest BCUT2D eigenvalue weighted by Crippen LogP contribution is -2.37. The van der Waals surface area contributed by atoms with Crippen LogP contribution in [0.3, 0.4) is 0 Å². The van der Waals surface area contributed by atoms with Crippen LogP contribution in [0.4, 0.5) is 0 Å². The van der Waals surface area contributed by atoms with Crippen molar-refractivity contribution in [3.63, 3.8) is 0 Å². The van der Waals surface area contributed by atoms with E-state index in [0.29, 0.717) is 5.41 Å². The van der Waals surface area contributed by atoms with Gasteiger partial charge in [-0.25, -0.2) is 0 Å². The zero-order valence-electron chi connectivity index (χ0n) is 9.80. The number of alkyl halides is 1. The molecule has 0 aliphatic heterocycles. The zero-order chi connectivity index (χ0) is 10.7. The first-order valence-corrected chi connectivity index (χ1v) is 7.40. The Morgan fingerprint density at radius 3 is 2.67 bits per heavy atom. The molecular formula is C13H23BrO. The molecule has 1 nitrogen and oxygen atoms in total. The van der Waals surface area contributed by atoms with Gasteiger partial charge in [-0.2, -0.15) is 0 Å². The maximum absolute atomic E-state index is 5.69. The summed E-state index contributed by atoms with van der Waals surface area (Å²) < 4.78 is 5.69. The largest absolute Gasteiger partial charge is 0.381 e. The Morgan fingerprint density at radius 2 is 2.00 bits per heavy atom. The summed E-state index contributed by atoms with van der Waals surface area (Å²) in [5.41, 5.74) is 0.666. The molecule has 2 saturated carbocycles. The van der Waals surface area contributed by atoms with E-state index in [1.165, 1.54) is 44.9 Å². The van der Waals surface area contributed by atoms with Crippen molar-refractivity contribution in [3.05, 3.63) is 0 Å². The zero-order valence-corrected chi connectivity index (χ0v) is 11.4.